The molecule has 2 rings (SSSR count). The Bertz CT molecular complexity index is 440. The average molecular weight is 338 g/mol. The molecular weight excluding hydrogens is 323 g/mol. The van der Waals surface area contributed by atoms with Crippen LogP contribution in [0.25, 0.3) is 0 Å². The van der Waals surface area contributed by atoms with Crippen LogP contribution in [0.15, 0.2) is 22.7 Å². The molecule has 0 heterocycles. The molecule has 100 valence electrons. The van der Waals surface area contributed by atoms with E-state index in [-0.39, 0.29) is 30.2 Å². The number of carbonyl (C=O) groups is 1. The largest absolute Gasteiger partial charge is 0.348 e. The van der Waals surface area contributed by atoms with Crippen LogP contribution in [0.4, 0.5) is 4.39 Å². The number of amides is 1. The van der Waals surface area contributed by atoms with Crippen molar-refractivity contribution in [1.29, 1.82) is 0 Å². The molecule has 3 nitrogen and oxygen atoms in total. The zero-order valence-electron chi connectivity index (χ0n) is 9.66. The number of benzene rings is 1. The van der Waals surface area contributed by atoms with Gasteiger partial charge in [-0.2, -0.15) is 0 Å². The predicted molar refractivity (Wildman–Crippen MR) is 74.4 cm³/mol. The third-order valence-electron chi connectivity index (χ3n) is 2.94. The van der Waals surface area contributed by atoms with Crippen molar-refractivity contribution in [2.24, 2.45) is 11.7 Å². The second kappa shape index (κ2) is 6.50. The molecule has 1 unspecified atom stereocenters. The summed E-state index contributed by atoms with van der Waals surface area (Å²) in [7, 11) is 0. The van der Waals surface area contributed by atoms with E-state index >= 15 is 0 Å². The van der Waals surface area contributed by atoms with Crippen LogP contribution in [0.2, 0.25) is 0 Å². The lowest BCUT2D eigenvalue weighted by Crippen LogP contribution is -2.41. The minimum atomic E-state index is -0.376. The molecule has 0 spiro atoms. The third kappa shape index (κ3) is 3.67. The van der Waals surface area contributed by atoms with Gasteiger partial charge in [0.1, 0.15) is 5.82 Å². The van der Waals surface area contributed by atoms with Crippen LogP contribution in [0.1, 0.15) is 23.2 Å². The van der Waals surface area contributed by atoms with E-state index in [1.54, 1.807) is 0 Å². The Labute approximate surface area is 120 Å². The first-order valence-electron chi connectivity index (χ1n) is 5.58. The van der Waals surface area contributed by atoms with Crippen LogP contribution in [0, 0.1) is 11.7 Å². The fraction of sp³-hybridized carbons (Fsp3) is 0.417. The van der Waals surface area contributed by atoms with Crippen LogP contribution >= 0.6 is 28.3 Å². The Hall–Kier alpha value is -0.650. The van der Waals surface area contributed by atoms with Crippen molar-refractivity contribution in [3.05, 3.63) is 34.1 Å². The standard InChI is InChI=1S/C12H14BrFN2O.ClH/c13-9-5-8(3-4-10(9)14)12(17)16-11(6-15)7-1-2-7;/h3-5,7,11H,1-2,6,15H2,(H,16,17);1H. The van der Waals surface area contributed by atoms with Gasteiger partial charge in [-0.1, -0.05) is 0 Å². The van der Waals surface area contributed by atoms with Crippen molar-refractivity contribution in [2.75, 3.05) is 6.54 Å². The first-order chi connectivity index (χ1) is 8.11. The van der Waals surface area contributed by atoms with E-state index in [9.17, 15) is 9.18 Å². The lowest BCUT2D eigenvalue weighted by atomic mass is 10.1. The highest BCUT2D eigenvalue weighted by molar-refractivity contribution is 9.10. The van der Waals surface area contributed by atoms with Gasteiger partial charge in [-0.25, -0.2) is 4.39 Å². The number of nitrogens with one attached hydrogen (secondary N) is 1. The van der Waals surface area contributed by atoms with Gasteiger partial charge in [0.25, 0.3) is 5.91 Å². The van der Waals surface area contributed by atoms with Gasteiger partial charge in [-0.15, -0.1) is 12.4 Å². The van der Waals surface area contributed by atoms with E-state index in [0.29, 0.717) is 22.5 Å². The molecule has 1 fully saturated rings. The SMILES string of the molecule is Cl.NCC(NC(=O)c1ccc(F)c(Br)c1)C1CC1. The highest BCUT2D eigenvalue weighted by Gasteiger charge is 2.31. The van der Waals surface area contributed by atoms with E-state index < -0.39 is 0 Å². The maximum atomic E-state index is 13.0. The quantitative estimate of drug-likeness (QED) is 0.887. The number of hydrogen-bond donors (Lipinski definition) is 2. The first-order valence-corrected chi connectivity index (χ1v) is 6.37. The van der Waals surface area contributed by atoms with Gasteiger partial charge in [0.05, 0.1) is 4.47 Å². The lowest BCUT2D eigenvalue weighted by Gasteiger charge is -2.16. The summed E-state index contributed by atoms with van der Waals surface area (Å²) in [5.41, 5.74) is 6.05. The van der Waals surface area contributed by atoms with Gasteiger partial charge in [-0.3, -0.25) is 4.79 Å². The number of halogens is 3. The minimum Gasteiger partial charge on any atom is -0.348 e. The van der Waals surface area contributed by atoms with Gasteiger partial charge in [0.2, 0.25) is 0 Å². The molecule has 1 aliphatic rings. The molecule has 1 aromatic rings. The van der Waals surface area contributed by atoms with Crippen molar-refractivity contribution >= 4 is 34.2 Å². The minimum absolute atomic E-state index is 0. The highest BCUT2D eigenvalue weighted by Crippen LogP contribution is 2.32. The second-order valence-electron chi connectivity index (χ2n) is 4.28. The Morgan fingerprint density at radius 1 is 1.56 bits per heavy atom. The smallest absolute Gasteiger partial charge is 0.251 e. The Balaban J connectivity index is 0.00000162. The Morgan fingerprint density at radius 2 is 2.22 bits per heavy atom. The van der Waals surface area contributed by atoms with E-state index in [1.165, 1.54) is 18.2 Å². The van der Waals surface area contributed by atoms with Crippen LogP contribution in [0.5, 0.6) is 0 Å². The van der Waals surface area contributed by atoms with Gasteiger partial charge < -0.3 is 11.1 Å². The molecule has 0 saturated heterocycles. The maximum Gasteiger partial charge on any atom is 0.251 e. The Morgan fingerprint density at radius 3 is 2.72 bits per heavy atom. The van der Waals surface area contributed by atoms with Gasteiger partial charge in [0, 0.05) is 18.2 Å². The van der Waals surface area contributed by atoms with E-state index in [1.807, 2.05) is 0 Å². The maximum absolute atomic E-state index is 13.0. The summed E-state index contributed by atoms with van der Waals surface area (Å²) in [4.78, 5) is 11.9. The number of hydrogen-bond acceptors (Lipinski definition) is 2. The van der Waals surface area contributed by atoms with Gasteiger partial charge in [-0.05, 0) is 52.9 Å². The van der Waals surface area contributed by atoms with Crippen LogP contribution in [-0.4, -0.2) is 18.5 Å². The molecule has 0 bridgehead atoms. The van der Waals surface area contributed by atoms with E-state index in [2.05, 4.69) is 21.2 Å². The summed E-state index contributed by atoms with van der Waals surface area (Å²) in [5, 5.41) is 2.88. The molecule has 1 aliphatic carbocycles. The van der Waals surface area contributed by atoms with E-state index in [4.69, 9.17) is 5.73 Å². The van der Waals surface area contributed by atoms with Crippen molar-refractivity contribution < 1.29 is 9.18 Å². The number of rotatable bonds is 4. The monoisotopic (exact) mass is 336 g/mol. The van der Waals surface area contributed by atoms with Crippen molar-refractivity contribution in [1.82, 2.24) is 5.32 Å². The normalized spacial score (nSPS) is 15.7. The van der Waals surface area contributed by atoms with Crippen molar-refractivity contribution in [3.8, 4) is 0 Å². The van der Waals surface area contributed by atoms with Crippen LogP contribution < -0.4 is 11.1 Å². The molecule has 0 aliphatic heterocycles. The predicted octanol–water partition coefficient (Wildman–Crippen LogP) is 2.48. The summed E-state index contributed by atoms with van der Waals surface area (Å²) in [6.45, 7) is 0.443. The first kappa shape index (κ1) is 15.4. The molecule has 0 aromatic heterocycles. The van der Waals surface area contributed by atoms with Gasteiger partial charge in [0.15, 0.2) is 0 Å². The van der Waals surface area contributed by atoms with E-state index in [0.717, 1.165) is 12.8 Å². The lowest BCUT2D eigenvalue weighted by molar-refractivity contribution is 0.0933. The highest BCUT2D eigenvalue weighted by atomic mass is 79.9. The molecule has 3 N–H and O–H groups in total. The third-order valence-corrected chi connectivity index (χ3v) is 3.55. The summed E-state index contributed by atoms with van der Waals surface area (Å²) in [6, 6.07) is 4.25. The topological polar surface area (TPSA) is 55.1 Å². The number of carbonyl (C=O) groups excluding carboxylic acids is 1. The molecular formula is C12H15BrClFN2O. The fourth-order valence-electron chi connectivity index (χ4n) is 1.76. The molecule has 1 amide bonds. The van der Waals surface area contributed by atoms with Crippen molar-refractivity contribution in [3.63, 3.8) is 0 Å². The van der Waals surface area contributed by atoms with Crippen molar-refractivity contribution in [2.45, 2.75) is 18.9 Å². The van der Waals surface area contributed by atoms with Crippen LogP contribution in [-0.2, 0) is 0 Å². The number of nitrogens with two attached hydrogens (primary N) is 1. The zero-order valence-corrected chi connectivity index (χ0v) is 12.1. The fourth-order valence-corrected chi connectivity index (χ4v) is 2.14. The molecule has 1 aromatic carbocycles. The van der Waals surface area contributed by atoms with Crippen LogP contribution in [0.3, 0.4) is 0 Å². The zero-order chi connectivity index (χ0) is 12.4. The average Bonchev–Trinajstić information content (AvgIpc) is 3.13. The summed E-state index contributed by atoms with van der Waals surface area (Å²) < 4.78 is 13.3. The molecule has 6 heteroatoms. The Kier molecular flexibility index (Phi) is 5.56. The second-order valence-corrected chi connectivity index (χ2v) is 5.14. The molecule has 1 saturated carbocycles. The summed E-state index contributed by atoms with van der Waals surface area (Å²) in [5.74, 6) is -0.0694. The molecule has 0 radical (unpaired) electrons. The molecule has 18 heavy (non-hydrogen) atoms. The van der Waals surface area contributed by atoms with Gasteiger partial charge >= 0.3 is 0 Å². The molecule has 1 atom stereocenters. The summed E-state index contributed by atoms with van der Waals surface area (Å²) in [6.07, 6.45) is 2.24. The summed E-state index contributed by atoms with van der Waals surface area (Å²) >= 11 is 3.06.